The number of amides is 1. The number of likely N-dealkylation sites (tertiary alicyclic amines) is 1. The van der Waals surface area contributed by atoms with Gasteiger partial charge in [0.25, 0.3) is 5.91 Å². The fraction of sp³-hybridized carbons (Fsp3) is 0.667. The summed E-state index contributed by atoms with van der Waals surface area (Å²) in [6.45, 7) is 4.51. The van der Waals surface area contributed by atoms with Crippen LogP contribution in [0.2, 0.25) is 0 Å². The number of nitrogens with one attached hydrogen (secondary N) is 1. The Morgan fingerprint density at radius 3 is 2.84 bits per heavy atom. The highest BCUT2D eigenvalue weighted by Gasteiger charge is 2.40. The van der Waals surface area contributed by atoms with E-state index in [-0.39, 0.29) is 17.5 Å². The van der Waals surface area contributed by atoms with Crippen molar-refractivity contribution in [3.8, 4) is 0 Å². The summed E-state index contributed by atoms with van der Waals surface area (Å²) < 4.78 is 0. The van der Waals surface area contributed by atoms with Crippen molar-refractivity contribution in [1.29, 1.82) is 0 Å². The van der Waals surface area contributed by atoms with Crippen LogP contribution in [-0.4, -0.2) is 50.4 Å². The van der Waals surface area contributed by atoms with Gasteiger partial charge < -0.3 is 10.0 Å². The average Bonchev–Trinajstić information content (AvgIpc) is 2.91. The van der Waals surface area contributed by atoms with E-state index in [1.54, 1.807) is 18.7 Å². The summed E-state index contributed by atoms with van der Waals surface area (Å²) in [4.78, 5) is 25.1. The van der Waals surface area contributed by atoms with E-state index in [9.17, 15) is 14.7 Å². The Labute approximate surface area is 111 Å². The molecule has 104 valence electrons. The van der Waals surface area contributed by atoms with E-state index in [0.29, 0.717) is 13.1 Å². The molecule has 7 nitrogen and oxygen atoms in total. The minimum atomic E-state index is -0.831. The molecule has 2 heterocycles. The van der Waals surface area contributed by atoms with Gasteiger partial charge in [-0.1, -0.05) is 0 Å². The van der Waals surface area contributed by atoms with Gasteiger partial charge in [0.05, 0.1) is 11.6 Å². The number of carboxylic acids is 1. The summed E-state index contributed by atoms with van der Waals surface area (Å²) in [7, 11) is 0. The van der Waals surface area contributed by atoms with Crippen LogP contribution in [0.3, 0.4) is 0 Å². The normalized spacial score (nSPS) is 20.3. The number of aromatic amines is 1. The number of carbonyl (C=O) groups is 2. The van der Waals surface area contributed by atoms with Crippen LogP contribution in [0.15, 0.2) is 6.20 Å². The van der Waals surface area contributed by atoms with E-state index in [1.165, 1.54) is 6.20 Å². The minimum Gasteiger partial charge on any atom is -0.481 e. The standard InChI is InChI=1S/C12H18N4O3/c1-12(2,11(18)19)8-4-3-5-16(7-8)10(17)9-6-13-15-14-9/h6,8H,3-5,7H2,1-2H3,(H,18,19)(H,13,14,15). The van der Waals surface area contributed by atoms with Crippen LogP contribution < -0.4 is 0 Å². The number of nitrogens with zero attached hydrogens (tertiary/aromatic N) is 3. The van der Waals surface area contributed by atoms with Crippen LogP contribution >= 0.6 is 0 Å². The molecule has 1 saturated heterocycles. The molecule has 0 radical (unpaired) electrons. The molecule has 0 saturated carbocycles. The number of aliphatic carboxylic acids is 1. The van der Waals surface area contributed by atoms with Crippen molar-refractivity contribution in [2.24, 2.45) is 11.3 Å². The monoisotopic (exact) mass is 266 g/mol. The predicted octanol–water partition coefficient (Wildman–Crippen LogP) is 0.768. The van der Waals surface area contributed by atoms with Crippen molar-refractivity contribution in [3.05, 3.63) is 11.9 Å². The molecule has 0 spiro atoms. The highest BCUT2D eigenvalue weighted by Crippen LogP contribution is 2.34. The summed E-state index contributed by atoms with van der Waals surface area (Å²) >= 11 is 0. The van der Waals surface area contributed by atoms with Crippen LogP contribution in [0.5, 0.6) is 0 Å². The number of carbonyl (C=O) groups excluding carboxylic acids is 1. The van der Waals surface area contributed by atoms with Gasteiger partial charge in [-0.25, -0.2) is 0 Å². The molecule has 0 aliphatic carbocycles. The summed E-state index contributed by atoms with van der Waals surface area (Å²) in [6, 6.07) is 0. The first kappa shape index (κ1) is 13.5. The van der Waals surface area contributed by atoms with Crippen molar-refractivity contribution in [2.75, 3.05) is 13.1 Å². The molecule has 0 aromatic carbocycles. The maximum atomic E-state index is 12.2. The third-order valence-electron chi connectivity index (χ3n) is 3.91. The van der Waals surface area contributed by atoms with Gasteiger partial charge >= 0.3 is 5.97 Å². The highest BCUT2D eigenvalue weighted by atomic mass is 16.4. The molecule has 1 aromatic rings. The summed E-state index contributed by atoms with van der Waals surface area (Å²) in [6.07, 6.45) is 3.02. The van der Waals surface area contributed by atoms with Gasteiger partial charge in [0.2, 0.25) is 0 Å². The lowest BCUT2D eigenvalue weighted by Gasteiger charge is -2.38. The second-order valence-corrected chi connectivity index (χ2v) is 5.47. The van der Waals surface area contributed by atoms with Gasteiger partial charge in [-0.15, -0.1) is 0 Å². The Morgan fingerprint density at radius 1 is 1.53 bits per heavy atom. The Morgan fingerprint density at radius 2 is 2.26 bits per heavy atom. The molecular formula is C12H18N4O3. The van der Waals surface area contributed by atoms with E-state index < -0.39 is 11.4 Å². The van der Waals surface area contributed by atoms with Crippen LogP contribution in [0.1, 0.15) is 37.2 Å². The zero-order valence-electron chi connectivity index (χ0n) is 11.1. The van der Waals surface area contributed by atoms with Gasteiger partial charge in [-0.3, -0.25) is 9.59 Å². The van der Waals surface area contributed by atoms with Crippen molar-refractivity contribution >= 4 is 11.9 Å². The van der Waals surface area contributed by atoms with E-state index >= 15 is 0 Å². The van der Waals surface area contributed by atoms with Gasteiger partial charge in [0, 0.05) is 13.1 Å². The number of hydrogen-bond donors (Lipinski definition) is 2. The lowest BCUT2D eigenvalue weighted by atomic mass is 9.74. The van der Waals surface area contributed by atoms with Gasteiger partial charge in [-0.2, -0.15) is 15.4 Å². The molecule has 1 atom stereocenters. The molecule has 19 heavy (non-hydrogen) atoms. The second-order valence-electron chi connectivity index (χ2n) is 5.47. The van der Waals surface area contributed by atoms with E-state index in [2.05, 4.69) is 15.4 Å². The number of H-pyrrole nitrogens is 1. The van der Waals surface area contributed by atoms with Gasteiger partial charge in [0.1, 0.15) is 0 Å². The number of rotatable bonds is 3. The number of piperidine rings is 1. The van der Waals surface area contributed by atoms with Crippen LogP contribution in [0.4, 0.5) is 0 Å². The largest absolute Gasteiger partial charge is 0.481 e. The second kappa shape index (κ2) is 4.99. The average molecular weight is 266 g/mol. The number of hydrogen-bond acceptors (Lipinski definition) is 4. The molecule has 2 rings (SSSR count). The van der Waals surface area contributed by atoms with Crippen LogP contribution in [0, 0.1) is 11.3 Å². The summed E-state index contributed by atoms with van der Waals surface area (Å²) in [5.41, 5.74) is -0.559. The Balaban J connectivity index is 2.09. The molecule has 1 aromatic heterocycles. The Kier molecular flexibility index (Phi) is 3.55. The number of aromatic nitrogens is 3. The SMILES string of the molecule is CC(C)(C(=O)O)C1CCCN(C(=O)c2cn[nH]n2)C1. The zero-order chi connectivity index (χ0) is 14.0. The van der Waals surface area contributed by atoms with E-state index in [0.717, 1.165) is 12.8 Å². The lowest BCUT2D eigenvalue weighted by molar-refractivity contribution is -0.151. The Bertz CT molecular complexity index is 469. The van der Waals surface area contributed by atoms with Crippen molar-refractivity contribution in [3.63, 3.8) is 0 Å². The van der Waals surface area contributed by atoms with Crippen molar-refractivity contribution < 1.29 is 14.7 Å². The van der Waals surface area contributed by atoms with E-state index in [4.69, 9.17) is 0 Å². The molecule has 7 heteroatoms. The molecule has 1 amide bonds. The fourth-order valence-corrected chi connectivity index (χ4v) is 2.39. The van der Waals surface area contributed by atoms with Crippen molar-refractivity contribution in [2.45, 2.75) is 26.7 Å². The summed E-state index contributed by atoms with van der Waals surface area (Å²) in [5.74, 6) is -1.07. The maximum Gasteiger partial charge on any atom is 0.309 e. The third-order valence-corrected chi connectivity index (χ3v) is 3.91. The molecule has 2 N–H and O–H groups in total. The first-order valence-electron chi connectivity index (χ1n) is 6.31. The molecular weight excluding hydrogens is 248 g/mol. The fourth-order valence-electron chi connectivity index (χ4n) is 2.39. The van der Waals surface area contributed by atoms with E-state index in [1.807, 2.05) is 0 Å². The molecule has 1 aliphatic rings. The quantitative estimate of drug-likeness (QED) is 0.841. The molecule has 0 bridgehead atoms. The van der Waals surface area contributed by atoms with Crippen LogP contribution in [0.25, 0.3) is 0 Å². The summed E-state index contributed by atoms with van der Waals surface area (Å²) in [5, 5.41) is 19.1. The Hall–Kier alpha value is -1.92. The topological polar surface area (TPSA) is 99.2 Å². The minimum absolute atomic E-state index is 0.0467. The van der Waals surface area contributed by atoms with Gasteiger partial charge in [-0.05, 0) is 32.6 Å². The predicted molar refractivity (Wildman–Crippen MR) is 66.4 cm³/mol. The maximum absolute atomic E-state index is 12.2. The number of carboxylic acid groups (broad SMARTS) is 1. The zero-order valence-corrected chi connectivity index (χ0v) is 11.1. The highest BCUT2D eigenvalue weighted by molar-refractivity contribution is 5.92. The molecule has 1 fully saturated rings. The first-order chi connectivity index (χ1) is 8.93. The van der Waals surface area contributed by atoms with Crippen LogP contribution in [-0.2, 0) is 4.79 Å². The third kappa shape index (κ3) is 2.59. The molecule has 1 unspecified atom stereocenters. The smallest absolute Gasteiger partial charge is 0.309 e. The van der Waals surface area contributed by atoms with Gasteiger partial charge in [0.15, 0.2) is 5.69 Å². The first-order valence-corrected chi connectivity index (χ1v) is 6.31. The molecule has 1 aliphatic heterocycles. The lowest BCUT2D eigenvalue weighted by Crippen LogP contribution is -2.47. The van der Waals surface area contributed by atoms with Crippen molar-refractivity contribution in [1.82, 2.24) is 20.3 Å².